The predicted octanol–water partition coefficient (Wildman–Crippen LogP) is 9.61. The highest BCUT2D eigenvalue weighted by Crippen LogP contribution is 2.62. The Kier molecular flexibility index (Phi) is 20.6. The molecule has 11 heteroatoms. The van der Waals surface area contributed by atoms with Crippen LogP contribution in [0.5, 0.6) is 11.5 Å². The standard InChI is InChI=1S/C47H75N3O8/c1-6-11-12-13-14-15-16-17-18-25-43(53)50(28-7-2)42-34-40(49-56-10-5)38-32-35(23-19-21-29-51)37(24-20-22-30-52)44-39-33-36(57-46(54)48-9-4)26-27-41(39)58-47(42,45(38)44)55-31-8-3/h8,26-27,32-33,35,37,42,44-45,51-52H,3,6-7,9-25,28-31,34H2,1-2,4-5H3,(H,48,54). The van der Waals surface area contributed by atoms with Crippen molar-refractivity contribution in [2.45, 2.75) is 161 Å². The van der Waals surface area contributed by atoms with Gasteiger partial charge in [0.05, 0.1) is 18.2 Å². The molecule has 1 fully saturated rings. The van der Waals surface area contributed by atoms with Crippen LogP contribution in [-0.4, -0.2) is 84.2 Å². The zero-order chi connectivity index (χ0) is 41.8. The minimum atomic E-state index is -1.29. The molecule has 0 saturated heterocycles. The number of amides is 2. The number of aliphatic hydroxyl groups excluding tert-OH is 2. The molecule has 0 aromatic heterocycles. The summed E-state index contributed by atoms with van der Waals surface area (Å²) in [6.07, 6.45) is 20.5. The van der Waals surface area contributed by atoms with E-state index in [-0.39, 0.29) is 43.5 Å². The van der Waals surface area contributed by atoms with E-state index in [9.17, 15) is 19.8 Å². The van der Waals surface area contributed by atoms with Crippen molar-refractivity contribution >= 4 is 17.7 Å². The molecular formula is C47H75N3O8. The SMILES string of the molecule is C=CCOC12Oc3ccc(OC(=O)NCC)cc3C3C(CCCCO)C(CCCCO)C=C(C(=NOCC)CC1N(CCC)C(=O)CCCCCCCCCCC)C32. The molecule has 1 aromatic rings. The molecule has 58 heavy (non-hydrogen) atoms. The van der Waals surface area contributed by atoms with Crippen LogP contribution in [0.1, 0.15) is 155 Å². The number of nitrogens with zero attached hydrogens (tertiary/aromatic N) is 2. The molecule has 6 atom stereocenters. The first-order valence-corrected chi connectivity index (χ1v) is 22.8. The molecule has 0 spiro atoms. The minimum absolute atomic E-state index is 0.0810. The second kappa shape index (κ2) is 25.3. The maximum Gasteiger partial charge on any atom is 0.412 e. The minimum Gasteiger partial charge on any atom is -0.459 e. The van der Waals surface area contributed by atoms with E-state index in [4.69, 9.17) is 24.2 Å². The van der Waals surface area contributed by atoms with Gasteiger partial charge in [0.2, 0.25) is 11.7 Å². The van der Waals surface area contributed by atoms with Gasteiger partial charge in [-0.15, -0.1) is 6.58 Å². The summed E-state index contributed by atoms with van der Waals surface area (Å²) in [7, 11) is 0. The Morgan fingerprint density at radius 1 is 0.948 bits per heavy atom. The van der Waals surface area contributed by atoms with Crippen molar-refractivity contribution in [1.82, 2.24) is 10.2 Å². The fraction of sp³-hybridized carbons (Fsp3) is 0.723. The van der Waals surface area contributed by atoms with Crippen LogP contribution in [0.15, 0.2) is 47.7 Å². The lowest BCUT2D eigenvalue weighted by Gasteiger charge is -2.60. The molecule has 1 saturated carbocycles. The Morgan fingerprint density at radius 3 is 2.31 bits per heavy atom. The van der Waals surface area contributed by atoms with Crippen molar-refractivity contribution in [3.63, 3.8) is 0 Å². The molecule has 0 radical (unpaired) electrons. The van der Waals surface area contributed by atoms with Crippen LogP contribution in [0.4, 0.5) is 4.79 Å². The largest absolute Gasteiger partial charge is 0.459 e. The quantitative estimate of drug-likeness (QED) is 0.0432. The van der Waals surface area contributed by atoms with Crippen molar-refractivity contribution in [2.75, 3.05) is 39.5 Å². The Bertz CT molecular complexity index is 1480. The first kappa shape index (κ1) is 47.3. The molecule has 1 heterocycles. The van der Waals surface area contributed by atoms with Crippen molar-refractivity contribution in [2.24, 2.45) is 22.9 Å². The third kappa shape index (κ3) is 12.3. The van der Waals surface area contributed by atoms with E-state index in [0.29, 0.717) is 56.9 Å². The molecule has 326 valence electrons. The monoisotopic (exact) mass is 810 g/mol. The number of hydrogen-bond acceptors (Lipinski definition) is 9. The molecule has 1 aliphatic heterocycles. The number of unbranched alkanes of at least 4 members (excludes halogenated alkanes) is 10. The second-order valence-electron chi connectivity index (χ2n) is 16.3. The number of rotatable bonds is 28. The van der Waals surface area contributed by atoms with Gasteiger partial charge in [0.1, 0.15) is 24.1 Å². The zero-order valence-corrected chi connectivity index (χ0v) is 36.2. The Balaban J connectivity index is 1.86. The molecule has 6 unspecified atom stereocenters. The first-order valence-electron chi connectivity index (χ1n) is 22.8. The molecule has 3 N–H and O–H groups in total. The van der Waals surface area contributed by atoms with Crippen molar-refractivity contribution in [3.8, 4) is 11.5 Å². The van der Waals surface area contributed by atoms with Gasteiger partial charge in [-0.1, -0.05) is 95.4 Å². The van der Waals surface area contributed by atoms with E-state index in [2.05, 4.69) is 31.8 Å². The van der Waals surface area contributed by atoms with Gasteiger partial charge in [0.15, 0.2) is 0 Å². The lowest BCUT2D eigenvalue weighted by molar-refractivity contribution is -0.257. The summed E-state index contributed by atoms with van der Waals surface area (Å²) in [6, 6.07) is 5.04. The first-order chi connectivity index (χ1) is 28.3. The number of ether oxygens (including phenoxy) is 3. The van der Waals surface area contributed by atoms with Gasteiger partial charge in [-0.25, -0.2) is 4.79 Å². The molecular weight excluding hydrogens is 735 g/mol. The molecule has 2 aliphatic carbocycles. The zero-order valence-electron chi connectivity index (χ0n) is 36.2. The van der Waals surface area contributed by atoms with Crippen LogP contribution in [-0.2, 0) is 14.4 Å². The lowest BCUT2D eigenvalue weighted by Crippen LogP contribution is -2.70. The van der Waals surface area contributed by atoms with Crippen LogP contribution in [0, 0.1) is 17.8 Å². The van der Waals surface area contributed by atoms with E-state index < -0.39 is 23.8 Å². The summed E-state index contributed by atoms with van der Waals surface area (Å²) >= 11 is 0. The van der Waals surface area contributed by atoms with Crippen LogP contribution < -0.4 is 14.8 Å². The van der Waals surface area contributed by atoms with Crippen LogP contribution in [0.3, 0.4) is 0 Å². The third-order valence-corrected chi connectivity index (χ3v) is 12.1. The number of allylic oxidation sites excluding steroid dienone is 1. The molecule has 2 amide bonds. The number of fused-ring (bicyclic) bond motifs is 2. The molecule has 3 aliphatic rings. The Labute approximate surface area is 349 Å². The van der Waals surface area contributed by atoms with Crippen LogP contribution in [0.25, 0.3) is 0 Å². The average molecular weight is 810 g/mol. The number of aliphatic hydroxyl groups is 2. The Morgan fingerprint density at radius 2 is 1.66 bits per heavy atom. The summed E-state index contributed by atoms with van der Waals surface area (Å²) in [6.45, 7) is 14.0. The van der Waals surface area contributed by atoms with Crippen LogP contribution in [0.2, 0.25) is 0 Å². The van der Waals surface area contributed by atoms with E-state index in [1.165, 1.54) is 38.5 Å². The molecule has 4 rings (SSSR count). The fourth-order valence-corrected chi connectivity index (χ4v) is 9.57. The number of carbonyl (C=O) groups excluding carboxylic acids is 2. The maximum atomic E-state index is 14.6. The molecule has 1 aromatic carbocycles. The smallest absolute Gasteiger partial charge is 0.412 e. The van der Waals surface area contributed by atoms with Gasteiger partial charge < -0.3 is 39.5 Å². The summed E-state index contributed by atoms with van der Waals surface area (Å²) in [4.78, 5) is 35.1. The topological polar surface area (TPSA) is 139 Å². The summed E-state index contributed by atoms with van der Waals surface area (Å²) < 4.78 is 20.1. The van der Waals surface area contributed by atoms with Crippen molar-refractivity contribution in [1.29, 1.82) is 0 Å². The van der Waals surface area contributed by atoms with E-state index >= 15 is 0 Å². The predicted molar refractivity (Wildman–Crippen MR) is 230 cm³/mol. The van der Waals surface area contributed by atoms with Crippen molar-refractivity contribution < 1.29 is 38.9 Å². The summed E-state index contributed by atoms with van der Waals surface area (Å²) in [5.74, 6) is -0.546. The number of carbonyl (C=O) groups is 2. The Hall–Kier alpha value is -3.41. The molecule has 0 bridgehead atoms. The third-order valence-electron chi connectivity index (χ3n) is 12.1. The number of oxime groups is 1. The highest BCUT2D eigenvalue weighted by molar-refractivity contribution is 6.03. The highest BCUT2D eigenvalue weighted by Gasteiger charge is 2.65. The summed E-state index contributed by atoms with van der Waals surface area (Å²) in [5.41, 5.74) is 2.70. The number of nitrogens with one attached hydrogen (secondary N) is 1. The van der Waals surface area contributed by atoms with E-state index in [1.807, 2.05) is 30.9 Å². The van der Waals surface area contributed by atoms with Gasteiger partial charge in [0.25, 0.3) is 0 Å². The normalized spacial score (nSPS) is 23.9. The number of hydrogen-bond donors (Lipinski definition) is 3. The van der Waals surface area contributed by atoms with Gasteiger partial charge in [0, 0.05) is 50.6 Å². The molecule has 11 nitrogen and oxygen atoms in total. The van der Waals surface area contributed by atoms with Crippen molar-refractivity contribution in [3.05, 3.63) is 48.1 Å². The highest BCUT2D eigenvalue weighted by atomic mass is 16.7. The lowest BCUT2D eigenvalue weighted by atomic mass is 9.55. The second-order valence-corrected chi connectivity index (χ2v) is 16.3. The van der Waals surface area contributed by atoms with Crippen LogP contribution >= 0.6 is 0 Å². The summed E-state index contributed by atoms with van der Waals surface area (Å²) in [5, 5.41) is 27.2. The fourth-order valence-electron chi connectivity index (χ4n) is 9.57. The average Bonchev–Trinajstić information content (AvgIpc) is 3.22. The van der Waals surface area contributed by atoms with Gasteiger partial charge in [-0.05, 0) is 88.0 Å². The van der Waals surface area contributed by atoms with E-state index in [0.717, 1.165) is 68.2 Å². The van der Waals surface area contributed by atoms with Gasteiger partial charge in [-0.2, -0.15) is 0 Å². The maximum absolute atomic E-state index is 14.6. The number of benzene rings is 1. The van der Waals surface area contributed by atoms with Gasteiger partial charge in [-0.3, -0.25) is 4.79 Å². The van der Waals surface area contributed by atoms with E-state index in [1.54, 1.807) is 12.1 Å². The van der Waals surface area contributed by atoms with Gasteiger partial charge >= 0.3 is 6.09 Å².